The SMILES string of the molecule is CCNC(=NCC(=O)NC(C)(C)C)NCC1CCN(c2cc(Cl)ccc2C)C1.I. The van der Waals surface area contributed by atoms with E-state index in [4.69, 9.17) is 11.6 Å². The fraction of sp³-hybridized carbons (Fsp3) is 0.619. The maximum absolute atomic E-state index is 12.0. The van der Waals surface area contributed by atoms with Crippen molar-refractivity contribution < 1.29 is 4.79 Å². The van der Waals surface area contributed by atoms with E-state index in [0.29, 0.717) is 11.9 Å². The van der Waals surface area contributed by atoms with Crippen LogP contribution in [0.5, 0.6) is 0 Å². The normalized spacial score (nSPS) is 17.0. The van der Waals surface area contributed by atoms with Crippen molar-refractivity contribution in [1.29, 1.82) is 0 Å². The zero-order valence-corrected chi connectivity index (χ0v) is 21.2. The third kappa shape index (κ3) is 8.99. The van der Waals surface area contributed by atoms with Crippen molar-refractivity contribution in [2.75, 3.05) is 37.6 Å². The molecular formula is C21H35ClIN5O. The van der Waals surface area contributed by atoms with Crippen LogP contribution in [-0.2, 0) is 4.79 Å². The number of aliphatic imine (C=N–C) groups is 1. The number of nitrogens with zero attached hydrogens (tertiary/aromatic N) is 2. The fourth-order valence-corrected chi connectivity index (χ4v) is 3.50. The van der Waals surface area contributed by atoms with E-state index in [2.05, 4.69) is 38.8 Å². The number of amides is 1. The quantitative estimate of drug-likeness (QED) is 0.296. The number of rotatable bonds is 6. The predicted molar refractivity (Wildman–Crippen MR) is 134 cm³/mol. The average molecular weight is 536 g/mol. The van der Waals surface area contributed by atoms with Crippen molar-refractivity contribution in [2.24, 2.45) is 10.9 Å². The molecule has 3 N–H and O–H groups in total. The van der Waals surface area contributed by atoms with Gasteiger partial charge in [-0.25, -0.2) is 4.99 Å². The Morgan fingerprint density at radius 1 is 1.31 bits per heavy atom. The van der Waals surface area contributed by atoms with E-state index < -0.39 is 0 Å². The first-order valence-electron chi connectivity index (χ1n) is 10.0. The highest BCUT2D eigenvalue weighted by atomic mass is 127. The van der Waals surface area contributed by atoms with Crippen LogP contribution in [-0.4, -0.2) is 50.1 Å². The number of guanidine groups is 1. The van der Waals surface area contributed by atoms with E-state index in [0.717, 1.165) is 37.6 Å². The fourth-order valence-electron chi connectivity index (χ4n) is 3.33. The minimum Gasteiger partial charge on any atom is -0.371 e. The number of halogens is 2. The number of hydrogen-bond donors (Lipinski definition) is 3. The van der Waals surface area contributed by atoms with Gasteiger partial charge in [0.05, 0.1) is 0 Å². The smallest absolute Gasteiger partial charge is 0.242 e. The van der Waals surface area contributed by atoms with Crippen molar-refractivity contribution >= 4 is 53.1 Å². The third-order valence-electron chi connectivity index (χ3n) is 4.60. The van der Waals surface area contributed by atoms with Gasteiger partial charge in [-0.05, 0) is 64.7 Å². The first kappa shape index (κ1) is 25.8. The lowest BCUT2D eigenvalue weighted by Gasteiger charge is -2.22. The number of anilines is 1. The lowest BCUT2D eigenvalue weighted by atomic mass is 10.1. The molecule has 1 amide bonds. The minimum absolute atomic E-state index is 0. The van der Waals surface area contributed by atoms with E-state index in [9.17, 15) is 4.79 Å². The molecule has 1 aliphatic rings. The predicted octanol–water partition coefficient (Wildman–Crippen LogP) is 3.56. The molecule has 6 nitrogen and oxygen atoms in total. The zero-order valence-electron chi connectivity index (χ0n) is 18.1. The summed E-state index contributed by atoms with van der Waals surface area (Å²) in [6, 6.07) is 6.05. The van der Waals surface area contributed by atoms with E-state index in [1.807, 2.05) is 39.8 Å². The molecule has 1 fully saturated rings. The van der Waals surface area contributed by atoms with Gasteiger partial charge in [0.2, 0.25) is 5.91 Å². The number of hydrogen-bond acceptors (Lipinski definition) is 3. The van der Waals surface area contributed by atoms with Gasteiger partial charge in [-0.15, -0.1) is 24.0 Å². The second-order valence-corrected chi connectivity index (χ2v) is 8.84. The molecular weight excluding hydrogens is 501 g/mol. The van der Waals surface area contributed by atoms with Gasteiger partial charge in [-0.3, -0.25) is 4.79 Å². The molecule has 29 heavy (non-hydrogen) atoms. The molecule has 1 aromatic carbocycles. The maximum Gasteiger partial charge on any atom is 0.242 e. The Bertz CT molecular complexity index is 705. The molecule has 1 saturated heterocycles. The monoisotopic (exact) mass is 535 g/mol. The van der Waals surface area contributed by atoms with Gasteiger partial charge in [0.15, 0.2) is 5.96 Å². The Hall–Kier alpha value is -1.22. The molecule has 0 aliphatic carbocycles. The van der Waals surface area contributed by atoms with Gasteiger partial charge in [0.25, 0.3) is 0 Å². The van der Waals surface area contributed by atoms with Crippen LogP contribution in [0.15, 0.2) is 23.2 Å². The summed E-state index contributed by atoms with van der Waals surface area (Å²) >= 11 is 6.17. The summed E-state index contributed by atoms with van der Waals surface area (Å²) in [5.41, 5.74) is 2.22. The van der Waals surface area contributed by atoms with Gasteiger partial charge >= 0.3 is 0 Å². The minimum atomic E-state index is -0.246. The second kappa shape index (κ2) is 11.8. The summed E-state index contributed by atoms with van der Waals surface area (Å²) in [6.45, 7) is 13.7. The van der Waals surface area contributed by atoms with Crippen LogP contribution in [0.3, 0.4) is 0 Å². The van der Waals surface area contributed by atoms with Crippen LogP contribution in [0.25, 0.3) is 0 Å². The largest absolute Gasteiger partial charge is 0.371 e. The highest BCUT2D eigenvalue weighted by Gasteiger charge is 2.24. The summed E-state index contributed by atoms with van der Waals surface area (Å²) in [5.74, 6) is 1.13. The molecule has 0 spiro atoms. The second-order valence-electron chi connectivity index (χ2n) is 8.41. The van der Waals surface area contributed by atoms with E-state index in [-0.39, 0.29) is 42.0 Å². The lowest BCUT2D eigenvalue weighted by Crippen LogP contribution is -2.44. The van der Waals surface area contributed by atoms with Crippen molar-refractivity contribution in [3.63, 3.8) is 0 Å². The first-order valence-corrected chi connectivity index (χ1v) is 10.4. The number of carbonyl (C=O) groups is 1. The third-order valence-corrected chi connectivity index (χ3v) is 4.83. The summed E-state index contributed by atoms with van der Waals surface area (Å²) in [4.78, 5) is 18.8. The Morgan fingerprint density at radius 2 is 2.03 bits per heavy atom. The molecule has 1 aromatic rings. The molecule has 1 heterocycles. The summed E-state index contributed by atoms with van der Waals surface area (Å²) in [5, 5.41) is 10.3. The van der Waals surface area contributed by atoms with Crippen molar-refractivity contribution in [3.8, 4) is 0 Å². The van der Waals surface area contributed by atoms with Crippen molar-refractivity contribution in [1.82, 2.24) is 16.0 Å². The lowest BCUT2D eigenvalue weighted by molar-refractivity contribution is -0.121. The van der Waals surface area contributed by atoms with Gasteiger partial charge < -0.3 is 20.9 Å². The number of aryl methyl sites for hydroxylation is 1. The molecule has 0 saturated carbocycles. The van der Waals surface area contributed by atoms with Crippen molar-refractivity contribution in [2.45, 2.75) is 46.6 Å². The van der Waals surface area contributed by atoms with E-state index in [1.165, 1.54) is 11.3 Å². The standard InChI is InChI=1S/C21H34ClN5O.HI/c1-6-23-20(25-13-19(28)26-21(3,4)5)24-12-16-9-10-27(14-16)18-11-17(22)8-7-15(18)2;/h7-8,11,16H,6,9-10,12-14H2,1-5H3,(H,26,28)(H2,23,24,25);1H. The Kier molecular flexibility index (Phi) is 10.5. The molecule has 0 bridgehead atoms. The van der Waals surface area contributed by atoms with E-state index >= 15 is 0 Å². The topological polar surface area (TPSA) is 68.8 Å². The molecule has 1 aliphatic heterocycles. The van der Waals surface area contributed by atoms with Gasteiger partial charge in [-0.2, -0.15) is 0 Å². The highest BCUT2D eigenvalue weighted by Crippen LogP contribution is 2.29. The molecule has 8 heteroatoms. The molecule has 164 valence electrons. The van der Waals surface area contributed by atoms with Gasteiger partial charge in [-0.1, -0.05) is 17.7 Å². The summed E-state index contributed by atoms with van der Waals surface area (Å²) in [7, 11) is 0. The summed E-state index contributed by atoms with van der Waals surface area (Å²) in [6.07, 6.45) is 1.11. The van der Waals surface area contributed by atoms with Crippen LogP contribution in [0, 0.1) is 12.8 Å². The van der Waals surface area contributed by atoms with Gasteiger partial charge in [0, 0.05) is 42.4 Å². The van der Waals surface area contributed by atoms with E-state index in [1.54, 1.807) is 0 Å². The van der Waals surface area contributed by atoms with Crippen LogP contribution in [0.2, 0.25) is 5.02 Å². The Balaban J connectivity index is 0.00000420. The zero-order chi connectivity index (χ0) is 20.7. The highest BCUT2D eigenvalue weighted by molar-refractivity contribution is 14.0. The molecule has 1 atom stereocenters. The number of nitrogens with one attached hydrogen (secondary N) is 3. The maximum atomic E-state index is 12.0. The average Bonchev–Trinajstić information content (AvgIpc) is 3.07. The van der Waals surface area contributed by atoms with Gasteiger partial charge in [0.1, 0.15) is 6.54 Å². The Labute approximate surface area is 197 Å². The van der Waals surface area contributed by atoms with Crippen LogP contribution in [0.4, 0.5) is 5.69 Å². The molecule has 1 unspecified atom stereocenters. The summed E-state index contributed by atoms with van der Waals surface area (Å²) < 4.78 is 0. The van der Waals surface area contributed by atoms with Crippen LogP contribution >= 0.6 is 35.6 Å². The first-order chi connectivity index (χ1) is 13.2. The Morgan fingerprint density at radius 3 is 2.69 bits per heavy atom. The van der Waals surface area contributed by atoms with Crippen LogP contribution < -0.4 is 20.9 Å². The molecule has 2 rings (SSSR count). The number of carbonyl (C=O) groups excluding carboxylic acids is 1. The number of benzene rings is 1. The van der Waals surface area contributed by atoms with Crippen LogP contribution in [0.1, 0.15) is 39.7 Å². The van der Waals surface area contributed by atoms with Crippen molar-refractivity contribution in [3.05, 3.63) is 28.8 Å². The molecule has 0 aromatic heterocycles. The molecule has 0 radical (unpaired) electrons.